The van der Waals surface area contributed by atoms with E-state index in [0.29, 0.717) is 47.0 Å². The lowest BCUT2D eigenvalue weighted by Gasteiger charge is -2.23. The first-order valence-electron chi connectivity index (χ1n) is 12.6. The van der Waals surface area contributed by atoms with Crippen molar-refractivity contribution in [2.45, 2.75) is 91.6 Å². The van der Waals surface area contributed by atoms with Crippen LogP contribution in [-0.2, 0) is 13.0 Å². The molecule has 3 aromatic heterocycles. The van der Waals surface area contributed by atoms with Gasteiger partial charge in [0, 0.05) is 18.0 Å². The fourth-order valence-electron chi connectivity index (χ4n) is 4.72. The number of carbonyl (C=O) groups is 1. The molecule has 1 aliphatic rings. The number of unbranched alkanes of at least 4 members (excludes halogenated alkanes) is 2. The fourth-order valence-corrected chi connectivity index (χ4v) is 5.02. The number of ketones is 1. The van der Waals surface area contributed by atoms with Gasteiger partial charge in [-0.3, -0.25) is 9.69 Å². The molecule has 1 saturated heterocycles. The van der Waals surface area contributed by atoms with Crippen LogP contribution in [-0.4, -0.2) is 54.7 Å². The van der Waals surface area contributed by atoms with Crippen LogP contribution in [0, 0.1) is 6.92 Å². The van der Waals surface area contributed by atoms with Crippen LogP contribution >= 0.6 is 11.6 Å². The summed E-state index contributed by atoms with van der Waals surface area (Å²) in [4.78, 5) is 24.7. The van der Waals surface area contributed by atoms with Crippen LogP contribution in [0.15, 0.2) is 4.52 Å². The maximum atomic E-state index is 12.8. The van der Waals surface area contributed by atoms with Gasteiger partial charge in [-0.1, -0.05) is 43.4 Å². The highest BCUT2D eigenvalue weighted by atomic mass is 35.5. The Morgan fingerprint density at radius 3 is 2.59 bits per heavy atom. The van der Waals surface area contributed by atoms with Crippen molar-refractivity contribution in [3.63, 3.8) is 0 Å². The van der Waals surface area contributed by atoms with Crippen molar-refractivity contribution in [1.82, 2.24) is 29.8 Å². The summed E-state index contributed by atoms with van der Waals surface area (Å²) < 4.78 is 7.51. The van der Waals surface area contributed by atoms with E-state index in [0.717, 1.165) is 62.0 Å². The number of hydrogen-bond donors (Lipinski definition) is 0. The van der Waals surface area contributed by atoms with Gasteiger partial charge in [0.2, 0.25) is 11.5 Å². The molecule has 0 bridgehead atoms. The summed E-state index contributed by atoms with van der Waals surface area (Å²) >= 11 is 6.65. The van der Waals surface area contributed by atoms with Gasteiger partial charge in [-0.25, -0.2) is 14.6 Å². The van der Waals surface area contributed by atoms with Gasteiger partial charge in [0.1, 0.15) is 5.15 Å². The Kier molecular flexibility index (Phi) is 7.99. The third-order valence-electron chi connectivity index (χ3n) is 6.71. The van der Waals surface area contributed by atoms with Crippen molar-refractivity contribution in [2.24, 2.45) is 0 Å². The van der Waals surface area contributed by atoms with Crippen molar-refractivity contribution >= 4 is 28.4 Å². The summed E-state index contributed by atoms with van der Waals surface area (Å²) in [6.45, 7) is 11.3. The van der Waals surface area contributed by atoms with E-state index >= 15 is 0 Å². The third-order valence-corrected chi connectivity index (χ3v) is 6.99. The van der Waals surface area contributed by atoms with Gasteiger partial charge in [-0.05, 0) is 59.0 Å². The first-order chi connectivity index (χ1) is 16.4. The average Bonchev–Trinajstić information content (AvgIpc) is 3.55. The normalized spacial score (nSPS) is 15.4. The molecule has 3 aromatic rings. The maximum absolute atomic E-state index is 12.8. The lowest BCUT2D eigenvalue weighted by atomic mass is 10.0. The average molecular weight is 487 g/mol. The number of nitrogens with zero attached hydrogens (tertiary/aromatic N) is 6. The molecular weight excluding hydrogens is 452 g/mol. The largest absolute Gasteiger partial charge is 0.352 e. The van der Waals surface area contributed by atoms with Gasteiger partial charge in [0.25, 0.3) is 0 Å². The second-order valence-electron chi connectivity index (χ2n) is 9.37. The van der Waals surface area contributed by atoms with Crippen LogP contribution in [0.2, 0.25) is 5.15 Å². The predicted octanol–water partition coefficient (Wildman–Crippen LogP) is 5.64. The molecule has 0 saturated carbocycles. The van der Waals surface area contributed by atoms with Crippen molar-refractivity contribution in [3.8, 4) is 11.5 Å². The second kappa shape index (κ2) is 11.0. The Morgan fingerprint density at radius 2 is 1.88 bits per heavy atom. The Bertz CT molecular complexity index is 1150. The lowest BCUT2D eigenvalue weighted by molar-refractivity contribution is 0.0942. The highest BCUT2D eigenvalue weighted by Crippen LogP contribution is 2.31. The van der Waals surface area contributed by atoms with Gasteiger partial charge in [-0.2, -0.15) is 5.10 Å². The van der Waals surface area contributed by atoms with Crippen molar-refractivity contribution in [3.05, 3.63) is 22.2 Å². The van der Waals surface area contributed by atoms with Crippen molar-refractivity contribution in [2.75, 3.05) is 13.1 Å². The Balaban J connectivity index is 1.74. The molecule has 4 heterocycles. The number of rotatable bonds is 11. The molecule has 9 heteroatoms. The number of Topliss-reactive ketones (excluding diaryl/α,β-unsaturated/α-hetero) is 1. The number of aromatic nitrogens is 5. The molecular formula is C25H35ClN6O2. The van der Waals surface area contributed by atoms with E-state index in [9.17, 15) is 4.79 Å². The van der Waals surface area contributed by atoms with Crippen LogP contribution in [0.3, 0.4) is 0 Å². The number of halogens is 1. The summed E-state index contributed by atoms with van der Waals surface area (Å²) in [5, 5.41) is 10.1. The van der Waals surface area contributed by atoms with Gasteiger partial charge < -0.3 is 4.52 Å². The van der Waals surface area contributed by atoms with E-state index in [1.165, 1.54) is 12.8 Å². The second-order valence-corrected chi connectivity index (χ2v) is 9.72. The standard InChI is InChI=1S/C25H35ClN6O2/c1-5-7-11-18-21(30-34-22(18)19(33)12-8-6-2)24-27-23(26)20-17(4)29-32(25(20)28-24)15-16(3)31-13-9-10-14-31/h16H,5-15H2,1-4H3/t16-/m0/s1. The Hall–Kier alpha value is -2.32. The van der Waals surface area contributed by atoms with Gasteiger partial charge in [0.05, 0.1) is 17.6 Å². The number of carbonyl (C=O) groups excluding carboxylic acids is 1. The number of aryl methyl sites for hydroxylation is 1. The van der Waals surface area contributed by atoms with Crippen LogP contribution < -0.4 is 0 Å². The molecule has 0 N–H and O–H groups in total. The SMILES string of the molecule is CCCCC(=O)c1onc(-c2nc(Cl)c3c(C)nn(C[C@H](C)N4CCCC4)c3n2)c1CCCC. The molecule has 34 heavy (non-hydrogen) atoms. The molecule has 1 fully saturated rings. The quantitative estimate of drug-likeness (QED) is 0.255. The molecule has 8 nitrogen and oxygen atoms in total. The van der Waals surface area contributed by atoms with E-state index in [2.05, 4.69) is 35.8 Å². The molecule has 1 aliphatic heterocycles. The molecule has 1 atom stereocenters. The van der Waals surface area contributed by atoms with E-state index < -0.39 is 0 Å². The number of fused-ring (bicyclic) bond motifs is 1. The van der Waals surface area contributed by atoms with Crippen LogP contribution in [0.1, 0.15) is 87.5 Å². The zero-order valence-corrected chi connectivity index (χ0v) is 21.5. The smallest absolute Gasteiger partial charge is 0.206 e. The molecule has 4 rings (SSSR count). The van der Waals surface area contributed by atoms with E-state index in [1.54, 1.807) is 0 Å². The summed E-state index contributed by atoms with van der Waals surface area (Å²) in [6.07, 6.45) is 7.31. The zero-order chi connectivity index (χ0) is 24.2. The van der Waals surface area contributed by atoms with Crippen LogP contribution in [0.4, 0.5) is 0 Å². The fraction of sp³-hybridized carbons (Fsp3) is 0.640. The predicted molar refractivity (Wildman–Crippen MR) is 133 cm³/mol. The molecule has 0 spiro atoms. The summed E-state index contributed by atoms with van der Waals surface area (Å²) in [7, 11) is 0. The van der Waals surface area contributed by atoms with E-state index in [1.807, 2.05) is 11.6 Å². The monoisotopic (exact) mass is 486 g/mol. The summed E-state index contributed by atoms with van der Waals surface area (Å²) in [5.41, 5.74) is 2.80. The highest BCUT2D eigenvalue weighted by Gasteiger charge is 2.26. The van der Waals surface area contributed by atoms with Gasteiger partial charge >= 0.3 is 0 Å². The van der Waals surface area contributed by atoms with Crippen LogP contribution in [0.5, 0.6) is 0 Å². The Labute approximate surface area is 206 Å². The molecule has 0 radical (unpaired) electrons. The molecule has 0 unspecified atom stereocenters. The Morgan fingerprint density at radius 1 is 1.15 bits per heavy atom. The molecule has 0 aliphatic carbocycles. The first-order valence-corrected chi connectivity index (χ1v) is 13.0. The van der Waals surface area contributed by atoms with Gasteiger partial charge in [-0.15, -0.1) is 0 Å². The zero-order valence-electron chi connectivity index (χ0n) is 20.7. The third kappa shape index (κ3) is 5.03. The minimum Gasteiger partial charge on any atom is -0.352 e. The first kappa shape index (κ1) is 24.8. The van der Waals surface area contributed by atoms with Crippen molar-refractivity contribution in [1.29, 1.82) is 0 Å². The summed E-state index contributed by atoms with van der Waals surface area (Å²) in [6, 6.07) is 0.345. The highest BCUT2D eigenvalue weighted by molar-refractivity contribution is 6.34. The van der Waals surface area contributed by atoms with Gasteiger partial charge in [0.15, 0.2) is 17.2 Å². The topological polar surface area (TPSA) is 89.9 Å². The number of likely N-dealkylation sites (tertiary alicyclic amines) is 1. The number of hydrogen-bond acceptors (Lipinski definition) is 7. The van der Waals surface area contributed by atoms with E-state index in [-0.39, 0.29) is 5.78 Å². The maximum Gasteiger partial charge on any atom is 0.206 e. The lowest BCUT2D eigenvalue weighted by Crippen LogP contribution is -2.34. The molecule has 0 aromatic carbocycles. The van der Waals surface area contributed by atoms with E-state index in [4.69, 9.17) is 26.2 Å². The summed E-state index contributed by atoms with van der Waals surface area (Å²) in [5.74, 6) is 0.708. The van der Waals surface area contributed by atoms with Crippen molar-refractivity contribution < 1.29 is 9.32 Å². The van der Waals surface area contributed by atoms with Crippen LogP contribution in [0.25, 0.3) is 22.6 Å². The minimum atomic E-state index is -0.0146. The minimum absolute atomic E-state index is 0.0146. The molecule has 0 amide bonds. The molecule has 184 valence electrons.